The third kappa shape index (κ3) is 3.36. The van der Waals surface area contributed by atoms with Crippen molar-refractivity contribution in [2.45, 2.75) is 12.7 Å². The number of anilines is 1. The van der Waals surface area contributed by atoms with E-state index in [2.05, 4.69) is 0 Å². The minimum Gasteiger partial charge on any atom is -0.368 e. The van der Waals surface area contributed by atoms with Gasteiger partial charge in [0.2, 0.25) is 5.91 Å². The van der Waals surface area contributed by atoms with E-state index in [9.17, 15) is 18.0 Å². The second kappa shape index (κ2) is 5.26. The molecule has 1 rings (SSSR count). The third-order valence-electron chi connectivity index (χ3n) is 2.43. The minimum absolute atomic E-state index is 0.0532. The molecule has 0 bridgehead atoms. The first kappa shape index (κ1) is 14.3. The summed E-state index contributed by atoms with van der Waals surface area (Å²) in [4.78, 5) is 12.2. The number of nitrogens with two attached hydrogens (primary N) is 2. The zero-order chi connectivity index (χ0) is 13.9. The highest BCUT2D eigenvalue weighted by Crippen LogP contribution is 2.32. The molecule has 0 atom stereocenters. The maximum absolute atomic E-state index is 12.5. The van der Waals surface area contributed by atoms with Gasteiger partial charge in [0, 0.05) is 19.3 Å². The highest BCUT2D eigenvalue weighted by atomic mass is 19.4. The highest BCUT2D eigenvalue weighted by molar-refractivity contribution is 5.79. The highest BCUT2D eigenvalue weighted by Gasteiger charge is 2.31. The van der Waals surface area contributed by atoms with Crippen molar-refractivity contribution in [1.82, 2.24) is 0 Å². The van der Waals surface area contributed by atoms with Crippen LogP contribution in [0.1, 0.15) is 11.1 Å². The van der Waals surface area contributed by atoms with Gasteiger partial charge in [0.1, 0.15) is 0 Å². The fourth-order valence-electron chi connectivity index (χ4n) is 1.62. The molecule has 0 aliphatic heterocycles. The molecule has 0 aliphatic rings. The summed E-state index contributed by atoms with van der Waals surface area (Å²) in [6.45, 7) is -0.138. The first-order chi connectivity index (χ1) is 8.25. The average Bonchev–Trinajstić information content (AvgIpc) is 2.26. The van der Waals surface area contributed by atoms with E-state index in [1.807, 2.05) is 0 Å². The molecule has 0 saturated heterocycles. The number of amides is 1. The van der Waals surface area contributed by atoms with E-state index in [1.165, 1.54) is 11.0 Å². The maximum atomic E-state index is 12.5. The molecule has 0 aromatic heterocycles. The molecule has 7 heteroatoms. The lowest BCUT2D eigenvalue weighted by Crippen LogP contribution is -2.31. The summed E-state index contributed by atoms with van der Waals surface area (Å²) in [7, 11) is 1.56. The first-order valence-corrected chi connectivity index (χ1v) is 5.15. The second-order valence-electron chi connectivity index (χ2n) is 3.87. The van der Waals surface area contributed by atoms with Crippen LogP contribution in [-0.2, 0) is 17.5 Å². The molecular weight excluding hydrogens is 247 g/mol. The molecule has 0 spiro atoms. The van der Waals surface area contributed by atoms with Crippen molar-refractivity contribution in [1.29, 1.82) is 0 Å². The van der Waals surface area contributed by atoms with E-state index in [0.717, 1.165) is 12.1 Å². The van der Waals surface area contributed by atoms with E-state index in [-0.39, 0.29) is 13.1 Å². The quantitative estimate of drug-likeness (QED) is 0.852. The Kier molecular flexibility index (Phi) is 4.18. The Hall–Kier alpha value is -1.76. The fraction of sp³-hybridized carbons (Fsp3) is 0.364. The molecule has 0 fully saturated rings. The number of primary amides is 1. The van der Waals surface area contributed by atoms with Crippen LogP contribution >= 0.6 is 0 Å². The van der Waals surface area contributed by atoms with Crippen LogP contribution in [-0.4, -0.2) is 19.5 Å². The van der Waals surface area contributed by atoms with Gasteiger partial charge in [-0.25, -0.2) is 0 Å². The van der Waals surface area contributed by atoms with Gasteiger partial charge in [-0.1, -0.05) is 0 Å². The summed E-state index contributed by atoms with van der Waals surface area (Å²) >= 11 is 0. The summed E-state index contributed by atoms with van der Waals surface area (Å²) in [6.07, 6.45) is -4.41. The van der Waals surface area contributed by atoms with Crippen LogP contribution in [0.25, 0.3) is 0 Å². The summed E-state index contributed by atoms with van der Waals surface area (Å²) in [5.41, 5.74) is 10.5. The van der Waals surface area contributed by atoms with Gasteiger partial charge in [0.25, 0.3) is 0 Å². The van der Waals surface area contributed by atoms with Crippen LogP contribution in [0.5, 0.6) is 0 Å². The lowest BCUT2D eigenvalue weighted by molar-refractivity contribution is -0.137. The standard InChI is InChI=1S/C11H14F3N3O/c1-17(6-10(16)18)9-3-2-8(11(12,13)14)4-7(9)5-15/h2-4H,5-6,15H2,1H3,(H2,16,18). The van der Waals surface area contributed by atoms with Crippen molar-refractivity contribution in [3.8, 4) is 0 Å². The van der Waals surface area contributed by atoms with Crippen molar-refractivity contribution < 1.29 is 18.0 Å². The fourth-order valence-corrected chi connectivity index (χ4v) is 1.62. The maximum Gasteiger partial charge on any atom is 0.416 e. The molecule has 4 nitrogen and oxygen atoms in total. The summed E-state index contributed by atoms with van der Waals surface area (Å²) < 4.78 is 37.6. The molecule has 4 N–H and O–H groups in total. The van der Waals surface area contributed by atoms with E-state index < -0.39 is 17.6 Å². The molecule has 0 aliphatic carbocycles. The summed E-state index contributed by atoms with van der Waals surface area (Å²) in [5, 5.41) is 0. The normalized spacial score (nSPS) is 11.4. The Bertz CT molecular complexity index is 446. The van der Waals surface area contributed by atoms with Crippen molar-refractivity contribution in [3.63, 3.8) is 0 Å². The molecule has 18 heavy (non-hydrogen) atoms. The van der Waals surface area contributed by atoms with Crippen LogP contribution in [0, 0.1) is 0 Å². The molecule has 0 unspecified atom stereocenters. The lowest BCUT2D eigenvalue weighted by Gasteiger charge is -2.21. The summed E-state index contributed by atoms with van der Waals surface area (Å²) in [5.74, 6) is -0.569. The van der Waals surface area contributed by atoms with Crippen LogP contribution in [0.15, 0.2) is 18.2 Å². The van der Waals surface area contributed by atoms with E-state index in [1.54, 1.807) is 7.05 Å². The Morgan fingerprint density at radius 2 is 2.00 bits per heavy atom. The van der Waals surface area contributed by atoms with Gasteiger partial charge in [-0.2, -0.15) is 13.2 Å². The van der Waals surface area contributed by atoms with Crippen LogP contribution in [0.3, 0.4) is 0 Å². The predicted octanol–water partition coefficient (Wildman–Crippen LogP) is 1.09. The van der Waals surface area contributed by atoms with Gasteiger partial charge in [0.15, 0.2) is 0 Å². The number of likely N-dealkylation sites (N-methyl/N-ethyl adjacent to an activating group) is 1. The lowest BCUT2D eigenvalue weighted by atomic mass is 10.1. The van der Waals surface area contributed by atoms with Gasteiger partial charge >= 0.3 is 6.18 Å². The van der Waals surface area contributed by atoms with E-state index in [4.69, 9.17) is 11.5 Å². The van der Waals surface area contributed by atoms with Gasteiger partial charge in [0.05, 0.1) is 12.1 Å². The van der Waals surface area contributed by atoms with Crippen molar-refractivity contribution in [3.05, 3.63) is 29.3 Å². The molecule has 1 aromatic carbocycles. The van der Waals surface area contributed by atoms with Crippen LogP contribution < -0.4 is 16.4 Å². The molecule has 0 heterocycles. The average molecular weight is 261 g/mol. The van der Waals surface area contributed by atoms with E-state index in [0.29, 0.717) is 11.3 Å². The number of alkyl halides is 3. The smallest absolute Gasteiger partial charge is 0.368 e. The second-order valence-corrected chi connectivity index (χ2v) is 3.87. The monoisotopic (exact) mass is 261 g/mol. The number of halogens is 3. The Labute approximate surface area is 102 Å². The zero-order valence-electron chi connectivity index (χ0n) is 9.79. The molecule has 0 radical (unpaired) electrons. The Morgan fingerprint density at radius 3 is 2.44 bits per heavy atom. The van der Waals surface area contributed by atoms with Gasteiger partial charge in [-0.05, 0) is 23.8 Å². The number of carbonyl (C=O) groups is 1. The number of hydrogen-bond acceptors (Lipinski definition) is 3. The molecule has 100 valence electrons. The van der Waals surface area contributed by atoms with E-state index >= 15 is 0 Å². The molecule has 0 saturated carbocycles. The van der Waals surface area contributed by atoms with Crippen LogP contribution in [0.4, 0.5) is 18.9 Å². The SMILES string of the molecule is CN(CC(N)=O)c1ccc(C(F)(F)F)cc1CN. The molecule has 1 amide bonds. The largest absolute Gasteiger partial charge is 0.416 e. The zero-order valence-corrected chi connectivity index (χ0v) is 9.79. The number of hydrogen-bond donors (Lipinski definition) is 2. The third-order valence-corrected chi connectivity index (χ3v) is 2.43. The number of benzene rings is 1. The van der Waals surface area contributed by atoms with Crippen molar-refractivity contribution in [2.24, 2.45) is 11.5 Å². The van der Waals surface area contributed by atoms with Gasteiger partial charge < -0.3 is 16.4 Å². The van der Waals surface area contributed by atoms with Crippen LogP contribution in [0.2, 0.25) is 0 Å². The minimum atomic E-state index is -4.41. The molecular formula is C11H14F3N3O. The van der Waals surface area contributed by atoms with Crippen molar-refractivity contribution >= 4 is 11.6 Å². The number of carbonyl (C=O) groups excluding carboxylic acids is 1. The number of rotatable bonds is 4. The Morgan fingerprint density at radius 1 is 1.39 bits per heavy atom. The first-order valence-electron chi connectivity index (χ1n) is 5.15. The Balaban J connectivity index is 3.11. The topological polar surface area (TPSA) is 72.3 Å². The number of nitrogens with zero attached hydrogens (tertiary/aromatic N) is 1. The molecule has 1 aromatic rings. The van der Waals surface area contributed by atoms with Gasteiger partial charge in [-0.3, -0.25) is 4.79 Å². The summed E-state index contributed by atoms with van der Waals surface area (Å²) in [6, 6.07) is 3.22. The predicted molar refractivity (Wildman–Crippen MR) is 61.8 cm³/mol. The van der Waals surface area contributed by atoms with Crippen molar-refractivity contribution in [2.75, 3.05) is 18.5 Å². The van der Waals surface area contributed by atoms with Gasteiger partial charge in [-0.15, -0.1) is 0 Å².